The van der Waals surface area contributed by atoms with E-state index in [2.05, 4.69) is 10.3 Å². The fourth-order valence-corrected chi connectivity index (χ4v) is 3.27. The van der Waals surface area contributed by atoms with Crippen molar-refractivity contribution in [3.8, 4) is 16.3 Å². The minimum Gasteiger partial charge on any atom is -0.496 e. The van der Waals surface area contributed by atoms with E-state index >= 15 is 0 Å². The highest BCUT2D eigenvalue weighted by atomic mass is 32.1. The van der Waals surface area contributed by atoms with Gasteiger partial charge in [0.1, 0.15) is 16.5 Å². The van der Waals surface area contributed by atoms with Gasteiger partial charge in [-0.1, -0.05) is 48.5 Å². The van der Waals surface area contributed by atoms with Crippen LogP contribution in [0, 0.1) is 0 Å². The fraction of sp³-hybridized carbons (Fsp3) is 0.158. The summed E-state index contributed by atoms with van der Waals surface area (Å²) in [6.07, 6.45) is 0. The summed E-state index contributed by atoms with van der Waals surface area (Å²) < 4.78 is 5.35. The van der Waals surface area contributed by atoms with Crippen LogP contribution in [0.25, 0.3) is 10.6 Å². The van der Waals surface area contributed by atoms with Crippen LogP contribution in [0.3, 0.4) is 0 Å². The van der Waals surface area contributed by atoms with Gasteiger partial charge in [0.15, 0.2) is 0 Å². The van der Waals surface area contributed by atoms with Crippen LogP contribution in [0.4, 0.5) is 0 Å². The molecule has 5 heteroatoms. The summed E-state index contributed by atoms with van der Waals surface area (Å²) in [5.74, 6) is 0.570. The summed E-state index contributed by atoms with van der Waals surface area (Å²) in [4.78, 5) is 16.9. The standard InChI is InChI=1S/C19H18N2O2S/c1-13(15-10-6-7-11-17(15)23-2)20-18(22)16-12-24-19(21-16)14-8-4-3-5-9-14/h3-13H,1-2H3,(H,20,22). The third-order valence-corrected chi connectivity index (χ3v) is 4.60. The van der Waals surface area contributed by atoms with Crippen LogP contribution in [-0.4, -0.2) is 18.0 Å². The number of amides is 1. The summed E-state index contributed by atoms with van der Waals surface area (Å²) in [6.45, 7) is 1.93. The van der Waals surface area contributed by atoms with Crippen molar-refractivity contribution < 1.29 is 9.53 Å². The Bertz CT molecular complexity index is 830. The topological polar surface area (TPSA) is 51.2 Å². The molecule has 0 radical (unpaired) electrons. The number of nitrogens with one attached hydrogen (secondary N) is 1. The van der Waals surface area contributed by atoms with Crippen LogP contribution >= 0.6 is 11.3 Å². The van der Waals surface area contributed by atoms with Crippen molar-refractivity contribution in [3.05, 3.63) is 71.2 Å². The molecule has 3 rings (SSSR count). The molecule has 0 aliphatic carbocycles. The number of carbonyl (C=O) groups excluding carboxylic acids is 1. The van der Waals surface area contributed by atoms with E-state index in [1.165, 1.54) is 11.3 Å². The second-order valence-electron chi connectivity index (χ2n) is 5.34. The molecule has 3 aromatic rings. The van der Waals surface area contributed by atoms with Gasteiger partial charge >= 0.3 is 0 Å². The number of nitrogens with zero attached hydrogens (tertiary/aromatic N) is 1. The van der Waals surface area contributed by atoms with Crippen molar-refractivity contribution in [1.29, 1.82) is 0 Å². The van der Waals surface area contributed by atoms with E-state index in [0.29, 0.717) is 5.69 Å². The molecular formula is C19H18N2O2S. The van der Waals surface area contributed by atoms with Gasteiger partial charge in [0.25, 0.3) is 5.91 Å². The van der Waals surface area contributed by atoms with Crippen LogP contribution < -0.4 is 10.1 Å². The molecule has 0 spiro atoms. The van der Waals surface area contributed by atoms with Crippen molar-refractivity contribution in [1.82, 2.24) is 10.3 Å². The molecule has 4 nitrogen and oxygen atoms in total. The SMILES string of the molecule is COc1ccccc1C(C)NC(=O)c1csc(-c2ccccc2)n1. The van der Waals surface area contributed by atoms with E-state index in [-0.39, 0.29) is 11.9 Å². The Labute approximate surface area is 145 Å². The van der Waals surface area contributed by atoms with E-state index in [9.17, 15) is 4.79 Å². The Hall–Kier alpha value is -2.66. The van der Waals surface area contributed by atoms with Gasteiger partial charge in [-0.15, -0.1) is 11.3 Å². The van der Waals surface area contributed by atoms with Gasteiger partial charge in [-0.2, -0.15) is 0 Å². The number of benzene rings is 2. The quantitative estimate of drug-likeness (QED) is 0.754. The maximum Gasteiger partial charge on any atom is 0.271 e. The number of hydrogen-bond donors (Lipinski definition) is 1. The van der Waals surface area contributed by atoms with Gasteiger partial charge in [-0.3, -0.25) is 4.79 Å². The Kier molecular flexibility index (Phi) is 4.91. The monoisotopic (exact) mass is 338 g/mol. The van der Waals surface area contributed by atoms with Gasteiger partial charge < -0.3 is 10.1 Å². The summed E-state index contributed by atoms with van der Waals surface area (Å²) >= 11 is 1.46. The van der Waals surface area contributed by atoms with Crippen LogP contribution in [0.5, 0.6) is 5.75 Å². The summed E-state index contributed by atoms with van der Waals surface area (Å²) in [5.41, 5.74) is 2.38. The predicted octanol–water partition coefficient (Wildman–Crippen LogP) is 4.31. The highest BCUT2D eigenvalue weighted by molar-refractivity contribution is 7.13. The first kappa shape index (κ1) is 16.2. The number of methoxy groups -OCH3 is 1. The largest absolute Gasteiger partial charge is 0.496 e. The first-order valence-electron chi connectivity index (χ1n) is 7.63. The van der Waals surface area contributed by atoms with Crippen molar-refractivity contribution in [2.24, 2.45) is 0 Å². The number of hydrogen-bond acceptors (Lipinski definition) is 4. The second-order valence-corrected chi connectivity index (χ2v) is 6.20. The Morgan fingerprint density at radius 3 is 2.58 bits per heavy atom. The van der Waals surface area contributed by atoms with E-state index < -0.39 is 0 Å². The number of carbonyl (C=O) groups is 1. The maximum absolute atomic E-state index is 12.5. The summed E-state index contributed by atoms with van der Waals surface area (Å²) in [5, 5.41) is 5.60. The number of rotatable bonds is 5. The summed E-state index contributed by atoms with van der Waals surface area (Å²) in [7, 11) is 1.62. The molecule has 0 fully saturated rings. The van der Waals surface area contributed by atoms with E-state index in [4.69, 9.17) is 4.74 Å². The molecule has 2 aromatic carbocycles. The molecule has 0 bridgehead atoms. The number of thiazole rings is 1. The zero-order chi connectivity index (χ0) is 16.9. The molecule has 24 heavy (non-hydrogen) atoms. The Morgan fingerprint density at radius 1 is 1.12 bits per heavy atom. The van der Waals surface area contributed by atoms with Crippen LogP contribution in [-0.2, 0) is 0 Å². The highest BCUT2D eigenvalue weighted by Gasteiger charge is 2.17. The maximum atomic E-state index is 12.5. The number of aromatic nitrogens is 1. The number of ether oxygens (including phenoxy) is 1. The molecular weight excluding hydrogens is 320 g/mol. The molecule has 1 aromatic heterocycles. The molecule has 0 aliphatic heterocycles. The van der Waals surface area contributed by atoms with Crippen LogP contribution in [0.1, 0.15) is 29.0 Å². The first-order valence-corrected chi connectivity index (χ1v) is 8.51. The lowest BCUT2D eigenvalue weighted by Gasteiger charge is -2.16. The predicted molar refractivity (Wildman–Crippen MR) is 96.4 cm³/mol. The fourth-order valence-electron chi connectivity index (χ4n) is 2.46. The average molecular weight is 338 g/mol. The van der Waals surface area contributed by atoms with E-state index in [1.54, 1.807) is 12.5 Å². The van der Waals surface area contributed by atoms with Crippen molar-refractivity contribution in [2.75, 3.05) is 7.11 Å². The van der Waals surface area contributed by atoms with Crippen molar-refractivity contribution >= 4 is 17.2 Å². The van der Waals surface area contributed by atoms with Gasteiger partial charge in [0.2, 0.25) is 0 Å². The van der Waals surface area contributed by atoms with E-state index in [0.717, 1.165) is 21.9 Å². The zero-order valence-electron chi connectivity index (χ0n) is 13.5. The third-order valence-electron chi connectivity index (χ3n) is 3.71. The number of para-hydroxylation sites is 1. The lowest BCUT2D eigenvalue weighted by atomic mass is 10.1. The lowest BCUT2D eigenvalue weighted by molar-refractivity contribution is 0.0935. The minimum atomic E-state index is -0.188. The van der Waals surface area contributed by atoms with Crippen LogP contribution in [0.15, 0.2) is 60.0 Å². The first-order chi connectivity index (χ1) is 11.7. The zero-order valence-corrected chi connectivity index (χ0v) is 14.3. The minimum absolute atomic E-state index is 0.171. The van der Waals surface area contributed by atoms with Gasteiger partial charge in [-0.05, 0) is 13.0 Å². The molecule has 0 aliphatic rings. The van der Waals surface area contributed by atoms with Gasteiger partial charge in [0.05, 0.1) is 13.2 Å². The van der Waals surface area contributed by atoms with E-state index in [1.807, 2.05) is 61.5 Å². The Balaban J connectivity index is 1.75. The molecule has 1 unspecified atom stereocenters. The summed E-state index contributed by atoms with van der Waals surface area (Å²) in [6, 6.07) is 17.3. The third kappa shape index (κ3) is 3.46. The molecule has 0 saturated carbocycles. The second kappa shape index (κ2) is 7.27. The van der Waals surface area contributed by atoms with Crippen LogP contribution in [0.2, 0.25) is 0 Å². The smallest absolute Gasteiger partial charge is 0.271 e. The molecule has 0 saturated heterocycles. The van der Waals surface area contributed by atoms with Gasteiger partial charge in [0, 0.05) is 16.5 Å². The van der Waals surface area contributed by atoms with Crippen molar-refractivity contribution in [2.45, 2.75) is 13.0 Å². The molecule has 1 amide bonds. The molecule has 1 N–H and O–H groups in total. The average Bonchev–Trinajstić information content (AvgIpc) is 3.12. The lowest BCUT2D eigenvalue weighted by Crippen LogP contribution is -2.27. The highest BCUT2D eigenvalue weighted by Crippen LogP contribution is 2.26. The van der Waals surface area contributed by atoms with Gasteiger partial charge in [-0.25, -0.2) is 4.98 Å². The molecule has 1 atom stereocenters. The normalized spacial score (nSPS) is 11.8. The Morgan fingerprint density at radius 2 is 1.83 bits per heavy atom. The van der Waals surface area contributed by atoms with Crippen molar-refractivity contribution in [3.63, 3.8) is 0 Å². The molecule has 122 valence electrons. The molecule has 1 heterocycles.